The standard InChI is InChI=1S/C18H23NO6S2/c1-15-3-7-17(8-4-15)26(20,21)24-13-11-19-12-14-25-27(22,23)18-9-5-16(2)6-10-18/h3-10,19H,11-14H2,1-2H3. The van der Waals surface area contributed by atoms with Crippen molar-refractivity contribution in [2.45, 2.75) is 23.6 Å². The van der Waals surface area contributed by atoms with Crippen molar-refractivity contribution in [1.29, 1.82) is 0 Å². The van der Waals surface area contributed by atoms with Gasteiger partial charge in [0.1, 0.15) is 0 Å². The topological polar surface area (TPSA) is 98.8 Å². The number of rotatable bonds is 10. The summed E-state index contributed by atoms with van der Waals surface area (Å²) in [7, 11) is -7.60. The molecule has 0 spiro atoms. The third kappa shape index (κ3) is 6.71. The molecule has 7 nitrogen and oxygen atoms in total. The average Bonchev–Trinajstić information content (AvgIpc) is 2.61. The Morgan fingerprint density at radius 3 is 1.33 bits per heavy atom. The van der Waals surface area contributed by atoms with Crippen LogP contribution >= 0.6 is 0 Å². The van der Waals surface area contributed by atoms with E-state index >= 15 is 0 Å². The van der Waals surface area contributed by atoms with Crippen molar-refractivity contribution in [2.75, 3.05) is 26.3 Å². The van der Waals surface area contributed by atoms with Gasteiger partial charge in [-0.15, -0.1) is 0 Å². The first-order valence-corrected chi connectivity index (χ1v) is 11.2. The lowest BCUT2D eigenvalue weighted by atomic mass is 10.2. The third-order valence-corrected chi connectivity index (χ3v) is 6.31. The zero-order chi connectivity index (χ0) is 19.9. The second-order valence-electron chi connectivity index (χ2n) is 5.93. The van der Waals surface area contributed by atoms with E-state index in [-0.39, 0.29) is 36.1 Å². The highest BCUT2D eigenvalue weighted by Crippen LogP contribution is 2.13. The van der Waals surface area contributed by atoms with E-state index in [1.54, 1.807) is 24.3 Å². The van der Waals surface area contributed by atoms with E-state index in [9.17, 15) is 16.8 Å². The summed E-state index contributed by atoms with van der Waals surface area (Å²) in [6.07, 6.45) is 0. The van der Waals surface area contributed by atoms with Crippen LogP contribution in [0.15, 0.2) is 58.3 Å². The first-order chi connectivity index (χ1) is 12.7. The predicted molar refractivity (Wildman–Crippen MR) is 102 cm³/mol. The first kappa shape index (κ1) is 21.5. The number of aryl methyl sites for hydroxylation is 2. The summed E-state index contributed by atoms with van der Waals surface area (Å²) in [6.45, 7) is 4.06. The molecular weight excluding hydrogens is 390 g/mol. The summed E-state index contributed by atoms with van der Waals surface area (Å²) in [4.78, 5) is 0.196. The Kier molecular flexibility index (Phi) is 7.51. The van der Waals surface area contributed by atoms with E-state index < -0.39 is 20.2 Å². The van der Waals surface area contributed by atoms with Gasteiger partial charge in [0.15, 0.2) is 0 Å². The fourth-order valence-corrected chi connectivity index (χ4v) is 3.93. The molecule has 0 amide bonds. The van der Waals surface area contributed by atoms with Gasteiger partial charge in [0.25, 0.3) is 20.2 Å². The third-order valence-electron chi connectivity index (χ3n) is 3.65. The van der Waals surface area contributed by atoms with Crippen molar-refractivity contribution in [3.8, 4) is 0 Å². The van der Waals surface area contributed by atoms with Crippen LogP contribution in [0.3, 0.4) is 0 Å². The van der Waals surface area contributed by atoms with Crippen LogP contribution in [0.4, 0.5) is 0 Å². The van der Waals surface area contributed by atoms with Crippen LogP contribution in [0.2, 0.25) is 0 Å². The normalized spacial score (nSPS) is 12.2. The number of hydrogen-bond donors (Lipinski definition) is 1. The Bertz CT molecular complexity index is 857. The highest BCUT2D eigenvalue weighted by molar-refractivity contribution is 7.87. The lowest BCUT2D eigenvalue weighted by Gasteiger charge is -2.08. The van der Waals surface area contributed by atoms with Gasteiger partial charge in [-0.05, 0) is 38.1 Å². The maximum atomic E-state index is 12.0. The van der Waals surface area contributed by atoms with Crippen LogP contribution in [0, 0.1) is 13.8 Å². The molecule has 2 rings (SSSR count). The van der Waals surface area contributed by atoms with Gasteiger partial charge in [0.05, 0.1) is 23.0 Å². The number of nitrogens with one attached hydrogen (secondary N) is 1. The molecule has 2 aromatic carbocycles. The van der Waals surface area contributed by atoms with E-state index in [1.807, 2.05) is 13.8 Å². The highest BCUT2D eigenvalue weighted by Gasteiger charge is 2.15. The molecule has 2 aromatic rings. The molecule has 1 N–H and O–H groups in total. The molecule has 0 heterocycles. The monoisotopic (exact) mass is 413 g/mol. The molecule has 0 unspecified atom stereocenters. The van der Waals surface area contributed by atoms with Crippen molar-refractivity contribution in [3.63, 3.8) is 0 Å². The lowest BCUT2D eigenvalue weighted by Crippen LogP contribution is -2.26. The fraction of sp³-hybridized carbons (Fsp3) is 0.333. The Morgan fingerprint density at radius 2 is 1.00 bits per heavy atom. The molecule has 0 saturated carbocycles. The van der Waals surface area contributed by atoms with Crippen molar-refractivity contribution >= 4 is 20.2 Å². The van der Waals surface area contributed by atoms with Crippen LogP contribution in [-0.4, -0.2) is 43.1 Å². The average molecular weight is 414 g/mol. The fourth-order valence-electron chi connectivity index (χ4n) is 2.12. The number of benzene rings is 2. The van der Waals surface area contributed by atoms with Crippen LogP contribution in [0.25, 0.3) is 0 Å². The summed E-state index contributed by atoms with van der Waals surface area (Å²) < 4.78 is 57.8. The molecular formula is C18H23NO6S2. The molecule has 148 valence electrons. The largest absolute Gasteiger partial charge is 0.312 e. The second kappa shape index (κ2) is 9.43. The molecule has 0 aliphatic carbocycles. The maximum absolute atomic E-state index is 12.0. The zero-order valence-corrected chi connectivity index (χ0v) is 16.8. The Labute approximate surface area is 160 Å². The summed E-state index contributed by atoms with van der Waals surface area (Å²) in [5, 5.41) is 2.87. The highest BCUT2D eigenvalue weighted by atomic mass is 32.2. The molecule has 0 atom stereocenters. The van der Waals surface area contributed by atoms with E-state index in [4.69, 9.17) is 8.37 Å². The van der Waals surface area contributed by atoms with Crippen molar-refractivity contribution in [1.82, 2.24) is 5.32 Å². The van der Waals surface area contributed by atoms with Gasteiger partial charge >= 0.3 is 0 Å². The second-order valence-corrected chi connectivity index (χ2v) is 9.16. The molecule has 0 fully saturated rings. The summed E-state index contributed by atoms with van der Waals surface area (Å²) in [5.74, 6) is 0. The van der Waals surface area contributed by atoms with Crippen molar-refractivity contribution in [2.24, 2.45) is 0 Å². The molecule has 27 heavy (non-hydrogen) atoms. The molecule has 0 aromatic heterocycles. The molecule has 9 heteroatoms. The van der Waals surface area contributed by atoms with Gasteiger partial charge in [0.2, 0.25) is 0 Å². The van der Waals surface area contributed by atoms with Crippen LogP contribution in [-0.2, 0) is 28.6 Å². The Morgan fingerprint density at radius 1 is 0.667 bits per heavy atom. The van der Waals surface area contributed by atoms with Crippen molar-refractivity contribution in [3.05, 3.63) is 59.7 Å². The smallest absolute Gasteiger partial charge is 0.297 e. The quantitative estimate of drug-likeness (QED) is 0.470. The van der Waals surface area contributed by atoms with Gasteiger partial charge in [-0.1, -0.05) is 35.4 Å². The minimum atomic E-state index is -3.80. The van der Waals surface area contributed by atoms with Crippen LogP contribution < -0.4 is 5.32 Å². The summed E-state index contributed by atoms with van der Waals surface area (Å²) in [5.41, 5.74) is 1.91. The molecule has 0 aliphatic rings. The molecule has 0 bridgehead atoms. The van der Waals surface area contributed by atoms with E-state index in [0.29, 0.717) is 0 Å². The minimum Gasteiger partial charge on any atom is -0.312 e. The zero-order valence-electron chi connectivity index (χ0n) is 15.2. The van der Waals surface area contributed by atoms with Crippen LogP contribution in [0.1, 0.15) is 11.1 Å². The van der Waals surface area contributed by atoms with Gasteiger partial charge in [0, 0.05) is 13.1 Å². The molecule has 0 aliphatic heterocycles. The van der Waals surface area contributed by atoms with Gasteiger partial charge in [-0.3, -0.25) is 8.37 Å². The minimum absolute atomic E-state index is 0.0685. The van der Waals surface area contributed by atoms with E-state index in [2.05, 4.69) is 5.32 Å². The van der Waals surface area contributed by atoms with Crippen LogP contribution in [0.5, 0.6) is 0 Å². The van der Waals surface area contributed by atoms with Gasteiger partial charge in [-0.2, -0.15) is 16.8 Å². The lowest BCUT2D eigenvalue weighted by molar-refractivity contribution is 0.292. The van der Waals surface area contributed by atoms with E-state index in [1.165, 1.54) is 24.3 Å². The Balaban J connectivity index is 1.68. The number of hydrogen-bond acceptors (Lipinski definition) is 7. The van der Waals surface area contributed by atoms with Crippen molar-refractivity contribution < 1.29 is 25.2 Å². The van der Waals surface area contributed by atoms with Gasteiger partial charge < -0.3 is 5.32 Å². The Hall–Kier alpha value is -1.78. The maximum Gasteiger partial charge on any atom is 0.297 e. The molecule has 0 saturated heterocycles. The summed E-state index contributed by atoms with van der Waals surface area (Å²) in [6, 6.07) is 12.7. The van der Waals surface area contributed by atoms with E-state index in [0.717, 1.165) is 11.1 Å². The molecule has 0 radical (unpaired) electrons. The first-order valence-electron chi connectivity index (χ1n) is 8.34. The SMILES string of the molecule is Cc1ccc(S(=O)(=O)OCCNCCOS(=O)(=O)c2ccc(C)cc2)cc1. The summed E-state index contributed by atoms with van der Waals surface area (Å²) >= 11 is 0. The van der Waals surface area contributed by atoms with Gasteiger partial charge in [-0.25, -0.2) is 0 Å². The predicted octanol–water partition coefficient (Wildman–Crippen LogP) is 2.00.